The molecule has 1 aromatic carbocycles. The first-order valence-corrected chi connectivity index (χ1v) is 9.20. The Kier molecular flexibility index (Phi) is 5.84. The minimum Gasteiger partial charge on any atom is -0.304 e. The average Bonchev–Trinajstić information content (AvgIpc) is 3.09. The molecule has 0 aliphatic rings. The zero-order valence-electron chi connectivity index (χ0n) is 15.0. The molecule has 1 N–H and O–H groups in total. The second kappa shape index (κ2) is 7.89. The Balaban J connectivity index is 1.85. The molecule has 3 rings (SSSR count). The normalized spacial score (nSPS) is 11.7. The Labute approximate surface area is 178 Å². The van der Waals surface area contributed by atoms with Crippen molar-refractivity contribution in [2.24, 2.45) is 7.05 Å². The van der Waals surface area contributed by atoms with E-state index >= 15 is 0 Å². The van der Waals surface area contributed by atoms with Crippen LogP contribution in [0.3, 0.4) is 0 Å². The minimum absolute atomic E-state index is 0.126. The average molecular weight is 467 g/mol. The third-order valence-corrected chi connectivity index (χ3v) is 5.13. The summed E-state index contributed by atoms with van der Waals surface area (Å²) in [5.41, 5.74) is -0.449. The van der Waals surface area contributed by atoms with Crippen LogP contribution in [0.1, 0.15) is 27.4 Å². The van der Waals surface area contributed by atoms with E-state index in [2.05, 4.69) is 15.5 Å². The van der Waals surface area contributed by atoms with Crippen LogP contribution in [0.2, 0.25) is 15.1 Å². The lowest BCUT2D eigenvalue weighted by molar-refractivity contribution is -0.141. The van der Waals surface area contributed by atoms with E-state index in [1.54, 1.807) is 35.9 Å². The maximum atomic E-state index is 12.9. The number of amides is 1. The summed E-state index contributed by atoms with van der Waals surface area (Å²) < 4.78 is 41.1. The van der Waals surface area contributed by atoms with Gasteiger partial charge in [-0.15, -0.1) is 0 Å². The zero-order valence-corrected chi connectivity index (χ0v) is 17.2. The monoisotopic (exact) mass is 465 g/mol. The second-order valence-electron chi connectivity index (χ2n) is 6.12. The predicted molar refractivity (Wildman–Crippen MR) is 104 cm³/mol. The third-order valence-electron chi connectivity index (χ3n) is 4.07. The summed E-state index contributed by atoms with van der Waals surface area (Å²) in [7, 11) is 1.19. The number of nitrogens with one attached hydrogen (secondary N) is 1. The zero-order chi connectivity index (χ0) is 21.5. The largest absolute Gasteiger partial charge is 0.436 e. The van der Waals surface area contributed by atoms with Gasteiger partial charge in [0.15, 0.2) is 11.5 Å². The van der Waals surface area contributed by atoms with E-state index in [9.17, 15) is 18.0 Å². The van der Waals surface area contributed by atoms with Gasteiger partial charge in [0.25, 0.3) is 5.91 Å². The highest BCUT2D eigenvalue weighted by Crippen LogP contribution is 2.35. The van der Waals surface area contributed by atoms with Crippen molar-refractivity contribution >= 4 is 46.5 Å². The molecule has 0 aliphatic heterocycles. The van der Waals surface area contributed by atoms with Gasteiger partial charge in [0.05, 0.1) is 6.54 Å². The van der Waals surface area contributed by atoms with E-state index in [4.69, 9.17) is 34.8 Å². The summed E-state index contributed by atoms with van der Waals surface area (Å²) >= 11 is 18.1. The van der Waals surface area contributed by atoms with Gasteiger partial charge in [0.1, 0.15) is 10.7 Å². The van der Waals surface area contributed by atoms with Crippen LogP contribution in [0.5, 0.6) is 0 Å². The molecule has 6 nitrogen and oxygen atoms in total. The fourth-order valence-corrected chi connectivity index (χ4v) is 3.54. The van der Waals surface area contributed by atoms with E-state index in [1.807, 2.05) is 0 Å². The molecular formula is C17H13Cl3F3N5O. The van der Waals surface area contributed by atoms with Gasteiger partial charge in [-0.25, -0.2) is 0 Å². The number of benzene rings is 1. The molecule has 154 valence electrons. The van der Waals surface area contributed by atoms with Gasteiger partial charge in [-0.1, -0.05) is 40.9 Å². The molecule has 0 unspecified atom stereocenters. The lowest BCUT2D eigenvalue weighted by atomic mass is 10.2. The fraction of sp³-hybridized carbons (Fsp3) is 0.235. The first kappa shape index (κ1) is 21.5. The van der Waals surface area contributed by atoms with Crippen LogP contribution in [-0.2, 0) is 19.8 Å². The molecule has 29 heavy (non-hydrogen) atoms. The number of halogens is 6. The number of carbonyl (C=O) groups excluding carboxylic acids is 1. The smallest absolute Gasteiger partial charge is 0.304 e. The van der Waals surface area contributed by atoms with Crippen LogP contribution in [0.25, 0.3) is 0 Å². The predicted octanol–water partition coefficient (Wildman–Crippen LogP) is 5.20. The molecule has 0 spiro atoms. The van der Waals surface area contributed by atoms with Crippen LogP contribution in [0, 0.1) is 6.92 Å². The molecule has 3 aromatic rings. The lowest BCUT2D eigenvalue weighted by Crippen LogP contribution is -2.17. The number of hydrogen-bond donors (Lipinski definition) is 1. The number of rotatable bonds is 4. The minimum atomic E-state index is -4.78. The van der Waals surface area contributed by atoms with Crippen molar-refractivity contribution < 1.29 is 18.0 Å². The van der Waals surface area contributed by atoms with Crippen molar-refractivity contribution in [2.75, 3.05) is 5.32 Å². The maximum Gasteiger partial charge on any atom is 0.436 e. The molecule has 2 heterocycles. The summed E-state index contributed by atoms with van der Waals surface area (Å²) in [6.45, 7) is 1.98. The Morgan fingerprint density at radius 1 is 1.17 bits per heavy atom. The van der Waals surface area contributed by atoms with Gasteiger partial charge in [0, 0.05) is 34.4 Å². The van der Waals surface area contributed by atoms with Gasteiger partial charge in [-0.05, 0) is 19.1 Å². The van der Waals surface area contributed by atoms with Crippen molar-refractivity contribution in [3.8, 4) is 0 Å². The molecule has 0 saturated carbocycles. The molecule has 0 saturated heterocycles. The third kappa shape index (κ3) is 4.36. The Bertz CT molecular complexity index is 1070. The highest BCUT2D eigenvalue weighted by Gasteiger charge is 2.39. The number of hydrogen-bond acceptors (Lipinski definition) is 3. The Morgan fingerprint density at radius 3 is 2.34 bits per heavy atom. The van der Waals surface area contributed by atoms with Gasteiger partial charge < -0.3 is 5.32 Å². The van der Waals surface area contributed by atoms with Crippen LogP contribution >= 0.6 is 34.8 Å². The molecule has 2 aromatic heterocycles. The van der Waals surface area contributed by atoms with Gasteiger partial charge >= 0.3 is 6.18 Å². The SMILES string of the molecule is Cc1cc(NC(=O)c2c(Cl)c(C(F)(F)F)nn2C)nn1Cc1c(Cl)cccc1Cl. The van der Waals surface area contributed by atoms with Crippen molar-refractivity contribution in [3.63, 3.8) is 0 Å². The summed E-state index contributed by atoms with van der Waals surface area (Å²) in [4.78, 5) is 12.5. The van der Waals surface area contributed by atoms with Crippen LogP contribution in [0.15, 0.2) is 24.3 Å². The number of aryl methyl sites for hydroxylation is 2. The van der Waals surface area contributed by atoms with E-state index in [1.165, 1.54) is 7.05 Å². The van der Waals surface area contributed by atoms with E-state index in [-0.39, 0.29) is 12.4 Å². The molecule has 0 bridgehead atoms. The molecule has 1 amide bonds. The molecule has 0 atom stereocenters. The van der Waals surface area contributed by atoms with Crippen molar-refractivity contribution in [3.05, 3.63) is 62.0 Å². The summed E-state index contributed by atoms with van der Waals surface area (Å²) in [6.07, 6.45) is -4.78. The van der Waals surface area contributed by atoms with E-state index < -0.39 is 28.5 Å². The number of nitrogens with zero attached hydrogens (tertiary/aromatic N) is 4. The van der Waals surface area contributed by atoms with Crippen molar-refractivity contribution in [1.82, 2.24) is 19.6 Å². The van der Waals surface area contributed by atoms with Crippen LogP contribution in [0.4, 0.5) is 19.0 Å². The van der Waals surface area contributed by atoms with Gasteiger partial charge in [-0.2, -0.15) is 23.4 Å². The second-order valence-corrected chi connectivity index (χ2v) is 7.31. The summed E-state index contributed by atoms with van der Waals surface area (Å²) in [6, 6.07) is 6.64. The van der Waals surface area contributed by atoms with Gasteiger partial charge in [0.2, 0.25) is 0 Å². The number of aromatic nitrogens is 4. The number of carbonyl (C=O) groups is 1. The maximum absolute atomic E-state index is 12.9. The van der Waals surface area contributed by atoms with Crippen molar-refractivity contribution in [1.29, 1.82) is 0 Å². The highest BCUT2D eigenvalue weighted by molar-refractivity contribution is 6.36. The molecule has 12 heteroatoms. The van der Waals surface area contributed by atoms with Crippen LogP contribution in [-0.4, -0.2) is 25.5 Å². The van der Waals surface area contributed by atoms with Gasteiger partial charge in [-0.3, -0.25) is 14.2 Å². The summed E-state index contributed by atoms with van der Waals surface area (Å²) in [5.74, 6) is -0.748. The molecule has 0 radical (unpaired) electrons. The summed E-state index contributed by atoms with van der Waals surface area (Å²) in [5, 5.41) is 10.1. The molecule has 0 fully saturated rings. The number of alkyl halides is 3. The van der Waals surface area contributed by atoms with Crippen molar-refractivity contribution in [2.45, 2.75) is 19.6 Å². The fourth-order valence-electron chi connectivity index (χ4n) is 2.67. The highest BCUT2D eigenvalue weighted by atomic mass is 35.5. The molecular weight excluding hydrogens is 454 g/mol. The quantitative estimate of drug-likeness (QED) is 0.574. The first-order chi connectivity index (χ1) is 13.5. The van der Waals surface area contributed by atoms with E-state index in [0.717, 1.165) is 4.68 Å². The molecule has 0 aliphatic carbocycles. The lowest BCUT2D eigenvalue weighted by Gasteiger charge is -2.08. The number of anilines is 1. The van der Waals surface area contributed by atoms with E-state index in [0.29, 0.717) is 21.3 Å². The van der Waals surface area contributed by atoms with Crippen LogP contribution < -0.4 is 5.32 Å². The Hall–Kier alpha value is -2.23. The Morgan fingerprint density at radius 2 is 1.79 bits per heavy atom. The first-order valence-electron chi connectivity index (χ1n) is 8.07. The topological polar surface area (TPSA) is 64.7 Å². The standard InChI is InChI=1S/C17H13Cl3F3N5O/c1-8-6-12(25-28(8)7-9-10(18)4-3-5-11(9)19)24-16(29)14-13(20)15(17(21,22)23)26-27(14)2/h3-6H,7H2,1-2H3,(H,24,25,29).